The topological polar surface area (TPSA) is 37.4 Å². The van der Waals surface area contributed by atoms with Crippen molar-refractivity contribution in [3.8, 4) is 0 Å². The molecule has 23 heavy (non-hydrogen) atoms. The van der Waals surface area contributed by atoms with Crippen LogP contribution >= 0.6 is 0 Å². The second kappa shape index (κ2) is 5.19. The van der Waals surface area contributed by atoms with E-state index in [-0.39, 0.29) is 29.2 Å². The summed E-state index contributed by atoms with van der Waals surface area (Å²) >= 11 is 0. The Bertz CT molecular complexity index is 748. The van der Waals surface area contributed by atoms with E-state index in [0.717, 1.165) is 10.8 Å². The Labute approximate surface area is 137 Å². The molecule has 0 aromatic heterocycles. The first-order valence-corrected chi connectivity index (χ1v) is 8.13. The van der Waals surface area contributed by atoms with Crippen molar-refractivity contribution in [3.05, 3.63) is 47.5 Å². The third-order valence-electron chi connectivity index (χ3n) is 4.60. The maximum Gasteiger partial charge on any atom is 0.261 e. The SMILES string of the molecule is CC(C)[C@@H](N1C(=O)c2cccc3cccc(c23)C1=O)C(C)(C)C. The molecule has 0 spiro atoms. The minimum absolute atomic E-state index is 0.147. The van der Waals surface area contributed by atoms with Crippen molar-refractivity contribution in [2.24, 2.45) is 11.3 Å². The van der Waals surface area contributed by atoms with Gasteiger partial charge in [0.2, 0.25) is 0 Å². The number of carbonyl (C=O) groups excluding carboxylic acids is 2. The van der Waals surface area contributed by atoms with Crippen LogP contribution in [-0.2, 0) is 0 Å². The van der Waals surface area contributed by atoms with Crippen LogP contribution in [0.15, 0.2) is 36.4 Å². The van der Waals surface area contributed by atoms with E-state index in [4.69, 9.17) is 0 Å². The normalized spacial score (nSPS) is 16.3. The van der Waals surface area contributed by atoms with Crippen LogP contribution in [0.5, 0.6) is 0 Å². The molecule has 2 aromatic rings. The highest BCUT2D eigenvalue weighted by Crippen LogP contribution is 2.37. The molecule has 0 aliphatic carbocycles. The first-order valence-electron chi connectivity index (χ1n) is 8.13. The molecule has 1 aliphatic heterocycles. The monoisotopic (exact) mass is 309 g/mol. The maximum atomic E-state index is 13.1. The minimum Gasteiger partial charge on any atom is -0.270 e. The molecule has 0 saturated carbocycles. The van der Waals surface area contributed by atoms with Gasteiger partial charge in [-0.15, -0.1) is 0 Å². The van der Waals surface area contributed by atoms with E-state index < -0.39 is 0 Å². The Kier molecular flexibility index (Phi) is 3.55. The molecule has 0 unspecified atom stereocenters. The van der Waals surface area contributed by atoms with Crippen molar-refractivity contribution in [1.29, 1.82) is 0 Å². The number of imide groups is 1. The Hall–Kier alpha value is -2.16. The Morgan fingerprint density at radius 3 is 1.74 bits per heavy atom. The van der Waals surface area contributed by atoms with E-state index in [1.807, 2.05) is 36.4 Å². The highest BCUT2D eigenvalue weighted by Gasteiger charge is 2.43. The fourth-order valence-electron chi connectivity index (χ4n) is 3.99. The average Bonchev–Trinajstić information content (AvgIpc) is 2.47. The van der Waals surface area contributed by atoms with E-state index >= 15 is 0 Å². The summed E-state index contributed by atoms with van der Waals surface area (Å²) in [6.07, 6.45) is 0. The zero-order valence-corrected chi connectivity index (χ0v) is 14.4. The Morgan fingerprint density at radius 1 is 0.870 bits per heavy atom. The van der Waals surface area contributed by atoms with Crippen LogP contribution < -0.4 is 0 Å². The molecule has 3 heteroatoms. The van der Waals surface area contributed by atoms with Crippen molar-refractivity contribution in [2.75, 3.05) is 0 Å². The summed E-state index contributed by atoms with van der Waals surface area (Å²) in [5.41, 5.74) is 1.08. The highest BCUT2D eigenvalue weighted by atomic mass is 16.2. The maximum absolute atomic E-state index is 13.1. The van der Waals surface area contributed by atoms with Crippen molar-refractivity contribution in [1.82, 2.24) is 4.90 Å². The molecule has 1 atom stereocenters. The van der Waals surface area contributed by atoms with Crippen LogP contribution in [-0.4, -0.2) is 22.8 Å². The molecular weight excluding hydrogens is 286 g/mol. The average molecular weight is 309 g/mol. The van der Waals surface area contributed by atoms with Gasteiger partial charge in [-0.25, -0.2) is 0 Å². The lowest BCUT2D eigenvalue weighted by Crippen LogP contribution is -2.54. The molecule has 0 fully saturated rings. The van der Waals surface area contributed by atoms with Gasteiger partial charge in [0.25, 0.3) is 11.8 Å². The number of nitrogens with zero attached hydrogens (tertiary/aromatic N) is 1. The van der Waals surface area contributed by atoms with Crippen LogP contribution in [0, 0.1) is 11.3 Å². The molecule has 2 aromatic carbocycles. The molecule has 0 N–H and O–H groups in total. The molecular formula is C20H23NO2. The predicted octanol–water partition coefficient (Wildman–Crippen LogP) is 4.51. The summed E-state index contributed by atoms with van der Waals surface area (Å²) < 4.78 is 0. The number of amides is 2. The Balaban J connectivity index is 2.25. The van der Waals surface area contributed by atoms with Crippen LogP contribution in [0.2, 0.25) is 0 Å². The second-order valence-corrected chi connectivity index (χ2v) is 7.74. The summed E-state index contributed by atoms with van der Waals surface area (Å²) in [7, 11) is 0. The van der Waals surface area contributed by atoms with Gasteiger partial charge >= 0.3 is 0 Å². The Morgan fingerprint density at radius 2 is 1.35 bits per heavy atom. The molecule has 0 saturated heterocycles. The van der Waals surface area contributed by atoms with Crippen LogP contribution in [0.4, 0.5) is 0 Å². The second-order valence-electron chi connectivity index (χ2n) is 7.74. The van der Waals surface area contributed by atoms with Crippen molar-refractivity contribution >= 4 is 22.6 Å². The summed E-state index contributed by atoms with van der Waals surface area (Å²) in [6, 6.07) is 11.2. The van der Waals surface area contributed by atoms with Gasteiger partial charge < -0.3 is 0 Å². The zero-order chi connectivity index (χ0) is 16.9. The van der Waals surface area contributed by atoms with Crippen molar-refractivity contribution in [2.45, 2.75) is 40.7 Å². The molecule has 3 nitrogen and oxygen atoms in total. The van der Waals surface area contributed by atoms with Crippen LogP contribution in [0.25, 0.3) is 10.8 Å². The summed E-state index contributed by atoms with van der Waals surface area (Å²) in [6.45, 7) is 10.4. The summed E-state index contributed by atoms with van der Waals surface area (Å²) in [5, 5.41) is 1.73. The smallest absolute Gasteiger partial charge is 0.261 e. The number of rotatable bonds is 2. The van der Waals surface area contributed by atoms with Gasteiger partial charge in [0.1, 0.15) is 0 Å². The third-order valence-corrected chi connectivity index (χ3v) is 4.60. The van der Waals surface area contributed by atoms with Gasteiger partial charge in [-0.3, -0.25) is 14.5 Å². The number of hydrogen-bond donors (Lipinski definition) is 0. The lowest BCUT2D eigenvalue weighted by atomic mass is 9.77. The third kappa shape index (κ3) is 2.35. The van der Waals surface area contributed by atoms with Crippen LogP contribution in [0.3, 0.4) is 0 Å². The number of benzene rings is 2. The number of carbonyl (C=O) groups is 2. The highest BCUT2D eigenvalue weighted by molar-refractivity contribution is 6.25. The fourth-order valence-corrected chi connectivity index (χ4v) is 3.99. The molecule has 3 rings (SSSR count). The first-order chi connectivity index (χ1) is 10.7. The summed E-state index contributed by atoms with van der Waals surface area (Å²) in [5.74, 6) is -0.159. The predicted molar refractivity (Wildman–Crippen MR) is 92.5 cm³/mol. The molecule has 1 aliphatic rings. The van der Waals surface area contributed by atoms with E-state index in [1.165, 1.54) is 4.90 Å². The quantitative estimate of drug-likeness (QED) is 0.766. The number of hydrogen-bond acceptors (Lipinski definition) is 2. The van der Waals surface area contributed by atoms with E-state index in [0.29, 0.717) is 11.1 Å². The largest absolute Gasteiger partial charge is 0.270 e. The summed E-state index contributed by atoms with van der Waals surface area (Å²) in [4.78, 5) is 27.7. The molecule has 1 heterocycles. The van der Waals surface area contributed by atoms with Gasteiger partial charge in [-0.2, -0.15) is 0 Å². The van der Waals surface area contributed by atoms with Gasteiger partial charge in [0, 0.05) is 22.6 Å². The van der Waals surface area contributed by atoms with Crippen LogP contribution in [0.1, 0.15) is 55.3 Å². The van der Waals surface area contributed by atoms with Crippen molar-refractivity contribution in [3.63, 3.8) is 0 Å². The lowest BCUT2D eigenvalue weighted by molar-refractivity contribution is 0.0321. The molecule has 2 amide bonds. The molecule has 0 radical (unpaired) electrons. The minimum atomic E-state index is -0.181. The van der Waals surface area contributed by atoms with Gasteiger partial charge in [-0.05, 0) is 28.9 Å². The van der Waals surface area contributed by atoms with E-state index in [9.17, 15) is 9.59 Å². The molecule has 0 bridgehead atoms. The lowest BCUT2D eigenvalue weighted by Gasteiger charge is -2.43. The van der Waals surface area contributed by atoms with Gasteiger partial charge in [0.15, 0.2) is 0 Å². The first kappa shape index (κ1) is 15.7. The standard InChI is InChI=1S/C20H23NO2/c1-12(2)17(20(3,4)5)21-18(22)14-10-6-8-13-9-7-11-15(16(13)14)19(21)23/h6-12,17H,1-5H3/t17-/m1/s1. The van der Waals surface area contributed by atoms with Gasteiger partial charge in [0.05, 0.1) is 0 Å². The fraction of sp³-hybridized carbons (Fsp3) is 0.400. The molecule has 120 valence electrons. The van der Waals surface area contributed by atoms with Crippen molar-refractivity contribution < 1.29 is 9.59 Å². The zero-order valence-electron chi connectivity index (χ0n) is 14.4. The van der Waals surface area contributed by atoms with E-state index in [1.54, 1.807) is 0 Å². The van der Waals surface area contributed by atoms with E-state index in [2.05, 4.69) is 34.6 Å². The van der Waals surface area contributed by atoms with Gasteiger partial charge in [-0.1, -0.05) is 58.9 Å².